The maximum atomic E-state index is 14.0. The van der Waals surface area contributed by atoms with Crippen molar-refractivity contribution in [3.8, 4) is 11.8 Å². The van der Waals surface area contributed by atoms with Gasteiger partial charge in [-0.2, -0.15) is 5.26 Å². The highest BCUT2D eigenvalue weighted by molar-refractivity contribution is 7.99. The lowest BCUT2D eigenvalue weighted by molar-refractivity contribution is -0.140. The summed E-state index contributed by atoms with van der Waals surface area (Å²) in [4.78, 5) is 58.8. The smallest absolute Gasteiger partial charge is 0.249 e. The van der Waals surface area contributed by atoms with Gasteiger partial charge in [0.2, 0.25) is 23.6 Å². The lowest BCUT2D eigenvalue weighted by Crippen LogP contribution is -2.55. The van der Waals surface area contributed by atoms with Crippen LogP contribution < -0.4 is 20.3 Å². The number of halogens is 1. The summed E-state index contributed by atoms with van der Waals surface area (Å²) in [5.74, 6) is -1.02. The SMILES string of the molecule is CCCC(CCC(Cc1ccc(F)cc1)C(=O)N[C@H]1CCS[C@H]2CCC[C@@H](C#N)N2C1=O)C(=O)N[C@H]1CCCCN(c2ccccc2OC)C1=O. The second-order valence-electron chi connectivity index (χ2n) is 13.8. The highest BCUT2D eigenvalue weighted by atomic mass is 32.2. The molecule has 274 valence electrons. The van der Waals surface area contributed by atoms with Crippen LogP contribution in [-0.4, -0.2) is 71.4 Å². The maximum Gasteiger partial charge on any atom is 0.249 e. The van der Waals surface area contributed by atoms with Gasteiger partial charge in [-0.25, -0.2) is 4.39 Å². The molecule has 0 radical (unpaired) electrons. The van der Waals surface area contributed by atoms with Crippen LogP contribution in [0.5, 0.6) is 5.75 Å². The number of piperidine rings is 1. The number of para-hydroxylation sites is 2. The predicted molar refractivity (Wildman–Crippen MR) is 195 cm³/mol. The van der Waals surface area contributed by atoms with Gasteiger partial charge < -0.3 is 25.2 Å². The van der Waals surface area contributed by atoms with Crippen LogP contribution in [0.25, 0.3) is 0 Å². The van der Waals surface area contributed by atoms with E-state index in [9.17, 15) is 28.8 Å². The van der Waals surface area contributed by atoms with Gasteiger partial charge in [-0.05, 0) is 106 Å². The summed E-state index contributed by atoms with van der Waals surface area (Å²) < 4.78 is 19.3. The van der Waals surface area contributed by atoms with E-state index in [2.05, 4.69) is 16.7 Å². The van der Waals surface area contributed by atoms with E-state index >= 15 is 0 Å². The van der Waals surface area contributed by atoms with Gasteiger partial charge in [0.05, 0.1) is 24.2 Å². The topological polar surface area (TPSA) is 132 Å². The highest BCUT2D eigenvalue weighted by Crippen LogP contribution is 2.35. The molecule has 3 saturated heterocycles. The molecular formula is C39H50FN5O5S. The molecule has 12 heteroatoms. The van der Waals surface area contributed by atoms with Crippen LogP contribution in [0.4, 0.5) is 10.1 Å². The Labute approximate surface area is 304 Å². The van der Waals surface area contributed by atoms with Crippen LogP contribution in [0.1, 0.15) is 83.1 Å². The van der Waals surface area contributed by atoms with Gasteiger partial charge in [0.25, 0.3) is 0 Å². The standard InChI is InChI=1S/C39H50FN5O5S/c1-3-9-27(36(46)42-31-11-6-7-22-44(38(31)48)33-12-4-5-13-34(33)50-2)17-18-28(24-26-15-19-29(40)20-16-26)37(47)43-32-21-23-51-35-14-8-10-30(25-41)45(35)39(32)49/h4-5,12-13,15-16,19-20,27-28,30-32,35H,3,6-11,14,17-18,21-24H2,1-2H3,(H,42,46)(H,43,47)/t27?,28?,30-,31-,32-,35-/m0/s1. The zero-order valence-corrected chi connectivity index (χ0v) is 30.5. The number of amides is 4. The summed E-state index contributed by atoms with van der Waals surface area (Å²) >= 11 is 1.66. The quantitative estimate of drug-likeness (QED) is 0.270. The Hall–Kier alpha value is -4.11. The molecular weight excluding hydrogens is 670 g/mol. The Bertz CT molecular complexity index is 1570. The fourth-order valence-electron chi connectivity index (χ4n) is 7.54. The van der Waals surface area contributed by atoms with Crippen LogP contribution >= 0.6 is 11.8 Å². The number of carbonyl (C=O) groups is 4. The van der Waals surface area contributed by atoms with Crippen LogP contribution in [0.15, 0.2) is 48.5 Å². The molecule has 0 aliphatic carbocycles. The van der Waals surface area contributed by atoms with Gasteiger partial charge in [0.1, 0.15) is 29.7 Å². The molecule has 3 aliphatic heterocycles. The monoisotopic (exact) mass is 719 g/mol. The lowest BCUT2D eigenvalue weighted by atomic mass is 9.87. The van der Waals surface area contributed by atoms with Crippen molar-refractivity contribution in [3.63, 3.8) is 0 Å². The number of rotatable bonds is 13. The molecule has 0 spiro atoms. The summed E-state index contributed by atoms with van der Waals surface area (Å²) in [7, 11) is 1.57. The van der Waals surface area contributed by atoms with Crippen molar-refractivity contribution in [1.82, 2.24) is 15.5 Å². The van der Waals surface area contributed by atoms with Crippen molar-refractivity contribution in [3.05, 3.63) is 59.9 Å². The van der Waals surface area contributed by atoms with Crippen molar-refractivity contribution in [1.29, 1.82) is 5.26 Å². The number of ether oxygens (including phenoxy) is 1. The molecule has 0 aromatic heterocycles. The van der Waals surface area contributed by atoms with Crippen molar-refractivity contribution >= 4 is 41.1 Å². The largest absolute Gasteiger partial charge is 0.495 e. The molecule has 5 rings (SSSR count). The molecule has 3 aliphatic rings. The number of nitrogens with zero attached hydrogens (tertiary/aromatic N) is 3. The number of hydrogen-bond acceptors (Lipinski definition) is 7. The van der Waals surface area contributed by atoms with E-state index in [0.29, 0.717) is 68.7 Å². The van der Waals surface area contributed by atoms with Crippen LogP contribution in [0.2, 0.25) is 0 Å². The zero-order chi connectivity index (χ0) is 36.3. The number of hydrogen-bond donors (Lipinski definition) is 2. The third-order valence-electron chi connectivity index (χ3n) is 10.3. The summed E-state index contributed by atoms with van der Waals surface area (Å²) in [6, 6.07) is 13.7. The first-order valence-electron chi connectivity index (χ1n) is 18.4. The third-order valence-corrected chi connectivity index (χ3v) is 11.6. The van der Waals surface area contributed by atoms with Crippen molar-refractivity contribution in [2.24, 2.45) is 11.8 Å². The van der Waals surface area contributed by atoms with Crippen LogP contribution in [0.3, 0.4) is 0 Å². The van der Waals surface area contributed by atoms with E-state index < -0.39 is 30.0 Å². The number of nitrogens with one attached hydrogen (secondary N) is 2. The summed E-state index contributed by atoms with van der Waals surface area (Å²) in [6.45, 7) is 2.53. The zero-order valence-electron chi connectivity index (χ0n) is 29.7. The summed E-state index contributed by atoms with van der Waals surface area (Å²) in [5.41, 5.74) is 1.45. The number of fused-ring (bicyclic) bond motifs is 1. The molecule has 4 amide bonds. The Kier molecular flexibility index (Phi) is 13.8. The Morgan fingerprint density at radius 1 is 0.922 bits per heavy atom. The Morgan fingerprint density at radius 3 is 2.35 bits per heavy atom. The maximum absolute atomic E-state index is 14.0. The molecule has 2 aromatic rings. The first kappa shape index (κ1) is 38.1. The second-order valence-corrected chi connectivity index (χ2v) is 15.1. The molecule has 51 heavy (non-hydrogen) atoms. The lowest BCUT2D eigenvalue weighted by Gasteiger charge is -2.38. The predicted octanol–water partition coefficient (Wildman–Crippen LogP) is 5.74. The van der Waals surface area contributed by atoms with Gasteiger partial charge >= 0.3 is 0 Å². The molecule has 10 nitrogen and oxygen atoms in total. The second kappa shape index (κ2) is 18.4. The first-order valence-corrected chi connectivity index (χ1v) is 19.4. The first-order chi connectivity index (χ1) is 24.7. The minimum Gasteiger partial charge on any atom is -0.495 e. The van der Waals surface area contributed by atoms with E-state index in [-0.39, 0.29) is 34.8 Å². The molecule has 3 fully saturated rings. The van der Waals surface area contributed by atoms with E-state index in [1.807, 2.05) is 31.2 Å². The third kappa shape index (κ3) is 9.61. The summed E-state index contributed by atoms with van der Waals surface area (Å²) in [6.07, 6.45) is 7.30. The Balaban J connectivity index is 1.29. The molecule has 6 atom stereocenters. The fraction of sp³-hybridized carbons (Fsp3) is 0.564. The van der Waals surface area contributed by atoms with E-state index in [1.165, 1.54) is 12.1 Å². The van der Waals surface area contributed by atoms with Gasteiger partial charge in [0.15, 0.2) is 0 Å². The average molecular weight is 720 g/mol. The van der Waals surface area contributed by atoms with Gasteiger partial charge in [-0.15, -0.1) is 11.8 Å². The summed E-state index contributed by atoms with van der Waals surface area (Å²) in [5, 5.41) is 15.8. The number of methoxy groups -OCH3 is 1. The molecule has 0 bridgehead atoms. The van der Waals surface area contributed by atoms with Gasteiger partial charge in [-0.3, -0.25) is 19.2 Å². The number of thioether (sulfide) groups is 1. The number of carbonyl (C=O) groups excluding carboxylic acids is 4. The molecule has 2 unspecified atom stereocenters. The van der Waals surface area contributed by atoms with Gasteiger partial charge in [0, 0.05) is 18.4 Å². The number of nitriles is 1. The van der Waals surface area contributed by atoms with Crippen LogP contribution in [0, 0.1) is 29.0 Å². The van der Waals surface area contributed by atoms with Gasteiger partial charge in [-0.1, -0.05) is 37.6 Å². The van der Waals surface area contributed by atoms with E-state index in [4.69, 9.17) is 4.74 Å². The molecule has 3 heterocycles. The van der Waals surface area contributed by atoms with Crippen molar-refractivity contribution in [2.45, 2.75) is 107 Å². The molecule has 2 aromatic carbocycles. The Morgan fingerprint density at radius 2 is 1.63 bits per heavy atom. The minimum atomic E-state index is -0.748. The number of benzene rings is 2. The number of anilines is 1. The molecule has 0 saturated carbocycles. The van der Waals surface area contributed by atoms with E-state index in [0.717, 1.165) is 37.7 Å². The highest BCUT2D eigenvalue weighted by Gasteiger charge is 2.41. The van der Waals surface area contributed by atoms with Crippen molar-refractivity contribution in [2.75, 3.05) is 24.3 Å². The van der Waals surface area contributed by atoms with Crippen LogP contribution in [-0.2, 0) is 25.6 Å². The fourth-order valence-corrected chi connectivity index (χ4v) is 8.93. The van der Waals surface area contributed by atoms with E-state index in [1.54, 1.807) is 40.8 Å². The molecule has 2 N–H and O–H groups in total. The van der Waals surface area contributed by atoms with Crippen molar-refractivity contribution < 1.29 is 28.3 Å². The average Bonchev–Trinajstić information content (AvgIpc) is 3.42. The normalized spacial score (nSPS) is 23.6. The minimum absolute atomic E-state index is 0.0664.